The van der Waals surface area contributed by atoms with Crippen LogP contribution in [-0.2, 0) is 19.6 Å². The van der Waals surface area contributed by atoms with Crippen LogP contribution in [-0.4, -0.2) is 46.9 Å². The van der Waals surface area contributed by atoms with Gasteiger partial charge < -0.3 is 10.1 Å². The van der Waals surface area contributed by atoms with E-state index in [1.165, 1.54) is 7.11 Å². The first-order chi connectivity index (χ1) is 9.38. The van der Waals surface area contributed by atoms with Crippen LogP contribution in [0.5, 0.6) is 0 Å². The number of anilines is 1. The average Bonchev–Trinajstić information content (AvgIpc) is 2.38. The van der Waals surface area contributed by atoms with Gasteiger partial charge >= 0.3 is 0 Å². The van der Waals surface area contributed by atoms with E-state index in [9.17, 15) is 13.2 Å². The van der Waals surface area contributed by atoms with Crippen molar-refractivity contribution in [1.82, 2.24) is 5.32 Å². The molecule has 1 atom stereocenters. The lowest BCUT2D eigenvalue weighted by molar-refractivity contribution is -0.122. The van der Waals surface area contributed by atoms with Crippen LogP contribution in [0, 0.1) is 0 Å². The third-order valence-electron chi connectivity index (χ3n) is 2.70. The number of hydrogen-bond acceptors (Lipinski definition) is 4. The van der Waals surface area contributed by atoms with E-state index in [4.69, 9.17) is 4.74 Å². The molecule has 0 unspecified atom stereocenters. The Bertz CT molecular complexity index is 531. The molecule has 0 spiro atoms. The summed E-state index contributed by atoms with van der Waals surface area (Å²) in [6.07, 6.45) is 1.08. The maximum atomic E-state index is 12.0. The molecule has 1 aromatic rings. The molecular weight excluding hydrogens is 280 g/mol. The second kappa shape index (κ2) is 7.25. The van der Waals surface area contributed by atoms with E-state index in [0.717, 1.165) is 10.6 Å². The number of nitrogens with one attached hydrogen (secondary N) is 1. The first-order valence-corrected chi connectivity index (χ1v) is 8.04. The fourth-order valence-corrected chi connectivity index (χ4v) is 2.98. The minimum absolute atomic E-state index is 0.339. The summed E-state index contributed by atoms with van der Waals surface area (Å²) in [6, 6.07) is 7.71. The fourth-order valence-electron chi connectivity index (χ4n) is 1.81. The van der Waals surface area contributed by atoms with Gasteiger partial charge in [0.15, 0.2) is 0 Å². The van der Waals surface area contributed by atoms with Gasteiger partial charge in [-0.3, -0.25) is 9.10 Å². The standard InChI is InChI=1S/C13H20N2O4S/c1-11(13(16)14-9-10-19-2)15(20(3,17)18)12-7-5-4-6-8-12/h4-8,11H,9-10H2,1-3H3,(H,14,16)/t11-/m0/s1. The summed E-state index contributed by atoms with van der Waals surface area (Å²) >= 11 is 0. The summed E-state index contributed by atoms with van der Waals surface area (Å²) in [5.41, 5.74) is 0.462. The van der Waals surface area contributed by atoms with Crippen molar-refractivity contribution in [3.8, 4) is 0 Å². The largest absolute Gasteiger partial charge is 0.383 e. The zero-order chi connectivity index (χ0) is 15.2. The second-order valence-electron chi connectivity index (χ2n) is 4.35. The molecule has 0 saturated carbocycles. The minimum Gasteiger partial charge on any atom is -0.383 e. The number of para-hydroxylation sites is 1. The molecule has 0 heterocycles. The number of benzene rings is 1. The van der Waals surface area contributed by atoms with E-state index in [1.807, 2.05) is 0 Å². The van der Waals surface area contributed by atoms with Gasteiger partial charge in [-0.15, -0.1) is 0 Å². The number of rotatable bonds is 7. The van der Waals surface area contributed by atoms with Crippen LogP contribution in [0.2, 0.25) is 0 Å². The van der Waals surface area contributed by atoms with E-state index >= 15 is 0 Å². The van der Waals surface area contributed by atoms with Crippen molar-refractivity contribution >= 4 is 21.6 Å². The minimum atomic E-state index is -3.55. The van der Waals surface area contributed by atoms with E-state index in [0.29, 0.717) is 18.8 Å². The van der Waals surface area contributed by atoms with Crippen molar-refractivity contribution in [2.45, 2.75) is 13.0 Å². The van der Waals surface area contributed by atoms with Gasteiger partial charge in [-0.2, -0.15) is 0 Å². The summed E-state index contributed by atoms with van der Waals surface area (Å²) < 4.78 is 29.8. The summed E-state index contributed by atoms with van der Waals surface area (Å²) in [4.78, 5) is 12.0. The molecule has 1 amide bonds. The predicted molar refractivity (Wildman–Crippen MR) is 78.1 cm³/mol. The number of carbonyl (C=O) groups is 1. The van der Waals surface area contributed by atoms with Gasteiger partial charge in [0.05, 0.1) is 18.6 Å². The van der Waals surface area contributed by atoms with Gasteiger partial charge in [0.25, 0.3) is 0 Å². The second-order valence-corrected chi connectivity index (χ2v) is 6.21. The molecule has 112 valence electrons. The van der Waals surface area contributed by atoms with Gasteiger partial charge in [-0.25, -0.2) is 8.42 Å². The summed E-state index contributed by atoms with van der Waals surface area (Å²) in [7, 11) is -2.02. The Balaban J connectivity index is 2.93. The normalized spacial score (nSPS) is 12.8. The Labute approximate surface area is 119 Å². The number of hydrogen-bond donors (Lipinski definition) is 1. The Morgan fingerprint density at radius 2 is 1.95 bits per heavy atom. The molecule has 0 aliphatic carbocycles. The lowest BCUT2D eigenvalue weighted by atomic mass is 10.2. The molecule has 0 aliphatic rings. The molecular formula is C13H20N2O4S. The molecule has 0 aromatic heterocycles. The van der Waals surface area contributed by atoms with Crippen LogP contribution in [0.25, 0.3) is 0 Å². The number of nitrogens with zero attached hydrogens (tertiary/aromatic N) is 1. The van der Waals surface area contributed by atoms with Gasteiger partial charge in [0.2, 0.25) is 15.9 Å². The van der Waals surface area contributed by atoms with Crippen LogP contribution in [0.4, 0.5) is 5.69 Å². The molecule has 0 radical (unpaired) electrons. The fraction of sp³-hybridized carbons (Fsp3) is 0.462. The van der Waals surface area contributed by atoms with E-state index in [-0.39, 0.29) is 5.91 Å². The first kappa shape index (κ1) is 16.5. The third kappa shape index (κ3) is 4.50. The Morgan fingerprint density at radius 3 is 2.45 bits per heavy atom. The molecule has 1 rings (SSSR count). The van der Waals surface area contributed by atoms with Gasteiger partial charge in [0.1, 0.15) is 6.04 Å². The van der Waals surface area contributed by atoms with E-state index in [1.54, 1.807) is 37.3 Å². The van der Waals surface area contributed by atoms with Crippen molar-refractivity contribution in [2.75, 3.05) is 30.8 Å². The molecule has 0 fully saturated rings. The molecule has 1 N–H and O–H groups in total. The highest BCUT2D eigenvalue weighted by atomic mass is 32.2. The van der Waals surface area contributed by atoms with Gasteiger partial charge in [-0.05, 0) is 19.1 Å². The third-order valence-corrected chi connectivity index (χ3v) is 3.95. The Kier molecular flexibility index (Phi) is 5.97. The lowest BCUT2D eigenvalue weighted by Crippen LogP contribution is -2.48. The molecule has 0 bridgehead atoms. The highest BCUT2D eigenvalue weighted by molar-refractivity contribution is 7.92. The molecule has 7 heteroatoms. The van der Waals surface area contributed by atoms with Crippen LogP contribution < -0.4 is 9.62 Å². The highest BCUT2D eigenvalue weighted by Crippen LogP contribution is 2.19. The summed E-state index contributed by atoms with van der Waals surface area (Å²) in [5.74, 6) is -0.365. The van der Waals surface area contributed by atoms with E-state index in [2.05, 4.69) is 5.32 Å². The molecule has 0 saturated heterocycles. The first-order valence-electron chi connectivity index (χ1n) is 6.19. The maximum absolute atomic E-state index is 12.0. The average molecular weight is 300 g/mol. The molecule has 6 nitrogen and oxygen atoms in total. The number of amides is 1. The zero-order valence-electron chi connectivity index (χ0n) is 11.9. The Morgan fingerprint density at radius 1 is 1.35 bits per heavy atom. The van der Waals surface area contributed by atoms with Gasteiger partial charge in [-0.1, -0.05) is 18.2 Å². The van der Waals surface area contributed by atoms with Gasteiger partial charge in [0, 0.05) is 13.7 Å². The van der Waals surface area contributed by atoms with Crippen LogP contribution in [0.1, 0.15) is 6.92 Å². The van der Waals surface area contributed by atoms with E-state index < -0.39 is 16.1 Å². The number of methoxy groups -OCH3 is 1. The predicted octanol–water partition coefficient (Wildman–Crippen LogP) is 0.604. The number of sulfonamides is 1. The van der Waals surface area contributed by atoms with Crippen LogP contribution in [0.3, 0.4) is 0 Å². The quantitative estimate of drug-likeness (QED) is 0.748. The smallest absolute Gasteiger partial charge is 0.243 e. The SMILES string of the molecule is COCCNC(=O)[C@H](C)N(c1ccccc1)S(C)(=O)=O. The van der Waals surface area contributed by atoms with Crippen molar-refractivity contribution in [2.24, 2.45) is 0 Å². The lowest BCUT2D eigenvalue weighted by Gasteiger charge is -2.28. The van der Waals surface area contributed by atoms with Crippen molar-refractivity contribution < 1.29 is 17.9 Å². The van der Waals surface area contributed by atoms with Crippen molar-refractivity contribution in [3.05, 3.63) is 30.3 Å². The summed E-state index contributed by atoms with van der Waals surface area (Å²) in [5, 5.41) is 2.64. The molecule has 0 aliphatic heterocycles. The van der Waals surface area contributed by atoms with Crippen LogP contribution >= 0.6 is 0 Å². The number of ether oxygens (including phenoxy) is 1. The topological polar surface area (TPSA) is 75.7 Å². The maximum Gasteiger partial charge on any atom is 0.243 e. The molecule has 1 aromatic carbocycles. The zero-order valence-corrected chi connectivity index (χ0v) is 12.7. The highest BCUT2D eigenvalue weighted by Gasteiger charge is 2.28. The number of carbonyl (C=O) groups excluding carboxylic acids is 1. The monoisotopic (exact) mass is 300 g/mol. The summed E-state index contributed by atoms with van der Waals surface area (Å²) in [6.45, 7) is 2.27. The van der Waals surface area contributed by atoms with Crippen LogP contribution in [0.15, 0.2) is 30.3 Å². The van der Waals surface area contributed by atoms with Crippen molar-refractivity contribution in [3.63, 3.8) is 0 Å². The van der Waals surface area contributed by atoms with Crippen molar-refractivity contribution in [1.29, 1.82) is 0 Å². The Hall–Kier alpha value is -1.60. The molecule has 20 heavy (non-hydrogen) atoms.